The van der Waals surface area contributed by atoms with Crippen molar-refractivity contribution in [1.29, 1.82) is 0 Å². The van der Waals surface area contributed by atoms with Gasteiger partial charge in [-0.15, -0.1) is 13.2 Å². The Bertz CT molecular complexity index is 595. The Morgan fingerprint density at radius 1 is 0.952 bits per heavy atom. The molecule has 1 atom stereocenters. The number of fused-ring (bicyclic) bond motifs is 1. The SMILES string of the molecule is FC(F)(F)[s+]1c(C2CCCCCC2)cc2ccccc21.[I-]. The fourth-order valence-corrected chi connectivity index (χ4v) is 5.39. The summed E-state index contributed by atoms with van der Waals surface area (Å²) in [7, 11) is -1.70. The van der Waals surface area contributed by atoms with Crippen molar-refractivity contribution in [2.24, 2.45) is 0 Å². The number of hydrogen-bond donors (Lipinski definition) is 0. The Kier molecular flexibility index (Phi) is 5.57. The first-order valence-electron chi connectivity index (χ1n) is 7.19. The second-order valence-corrected chi connectivity index (χ2v) is 7.51. The molecule has 1 saturated carbocycles. The lowest BCUT2D eigenvalue weighted by Gasteiger charge is -2.10. The first kappa shape index (κ1) is 17.1. The summed E-state index contributed by atoms with van der Waals surface area (Å²) >= 11 is 0. The fraction of sp³-hybridized carbons (Fsp3) is 0.500. The van der Waals surface area contributed by atoms with Crippen LogP contribution in [0.2, 0.25) is 0 Å². The van der Waals surface area contributed by atoms with E-state index in [1.807, 2.05) is 18.2 Å². The lowest BCUT2D eigenvalue weighted by molar-refractivity contribution is -0.0868. The van der Waals surface area contributed by atoms with Gasteiger partial charge in [0.2, 0.25) is 0 Å². The average Bonchev–Trinajstić information content (AvgIpc) is 2.59. The van der Waals surface area contributed by atoms with E-state index >= 15 is 0 Å². The molecule has 5 heteroatoms. The topological polar surface area (TPSA) is 0 Å². The van der Waals surface area contributed by atoms with Crippen LogP contribution < -0.4 is 24.0 Å². The predicted molar refractivity (Wildman–Crippen MR) is 78.2 cm³/mol. The Morgan fingerprint density at radius 2 is 1.57 bits per heavy atom. The summed E-state index contributed by atoms with van der Waals surface area (Å²) in [4.78, 5) is 0.639. The van der Waals surface area contributed by atoms with Crippen LogP contribution in [0.3, 0.4) is 0 Å². The molecule has 0 nitrogen and oxygen atoms in total. The summed E-state index contributed by atoms with van der Waals surface area (Å²) < 4.78 is 41.0. The highest BCUT2D eigenvalue weighted by Gasteiger charge is 2.49. The second kappa shape index (κ2) is 6.86. The molecule has 0 N–H and O–H groups in total. The number of halogens is 4. The van der Waals surface area contributed by atoms with Gasteiger partial charge in [0, 0.05) is 17.4 Å². The normalized spacial score (nSPS) is 18.3. The van der Waals surface area contributed by atoms with E-state index in [-0.39, 0.29) is 29.9 Å². The average molecular weight is 426 g/mol. The third-order valence-corrected chi connectivity index (χ3v) is 6.36. The lowest BCUT2D eigenvalue weighted by Crippen LogP contribution is -3.00. The number of hydrogen-bond acceptors (Lipinski definition) is 0. The molecule has 2 aromatic rings. The van der Waals surface area contributed by atoms with Crippen LogP contribution in [0.15, 0.2) is 30.3 Å². The van der Waals surface area contributed by atoms with Crippen molar-refractivity contribution in [3.63, 3.8) is 0 Å². The minimum atomic E-state index is -4.15. The highest BCUT2D eigenvalue weighted by molar-refractivity contribution is 7.38. The molecule has 0 amide bonds. The highest BCUT2D eigenvalue weighted by Crippen LogP contribution is 2.54. The molecule has 1 fully saturated rings. The Hall–Kier alpha value is -0.300. The van der Waals surface area contributed by atoms with Crippen LogP contribution in [0.1, 0.15) is 49.3 Å². The molecule has 0 spiro atoms. The lowest BCUT2D eigenvalue weighted by atomic mass is 9.98. The van der Waals surface area contributed by atoms with Crippen LogP contribution in [0, 0.1) is 0 Å². The van der Waals surface area contributed by atoms with Gasteiger partial charge in [-0.1, -0.05) is 37.8 Å². The van der Waals surface area contributed by atoms with Crippen LogP contribution in [0.4, 0.5) is 13.2 Å². The van der Waals surface area contributed by atoms with Gasteiger partial charge in [0.05, 0.1) is 10.5 Å². The molecule has 3 rings (SSSR count). The van der Waals surface area contributed by atoms with Crippen LogP contribution in [-0.2, 0) is 5.51 Å². The Morgan fingerprint density at radius 3 is 2.19 bits per heavy atom. The van der Waals surface area contributed by atoms with Crippen LogP contribution >= 0.6 is 10.5 Å². The monoisotopic (exact) mass is 426 g/mol. The molecule has 1 aliphatic rings. The molecular formula is C16H18F3IS. The zero-order valence-corrected chi connectivity index (χ0v) is 14.6. The maximum atomic E-state index is 13.5. The quantitative estimate of drug-likeness (QED) is 0.372. The van der Waals surface area contributed by atoms with Gasteiger partial charge in [0.1, 0.15) is 0 Å². The van der Waals surface area contributed by atoms with Gasteiger partial charge < -0.3 is 24.0 Å². The Labute approximate surface area is 142 Å². The van der Waals surface area contributed by atoms with E-state index in [2.05, 4.69) is 0 Å². The standard InChI is InChI=1S/C16H18F3S.HI/c17-16(18,19)20-14-10-6-5-9-13(14)11-15(20)12-7-3-1-2-4-8-12;/h5-6,9-12H,1-4,7-8H2;1H/q+1;/p-1. The van der Waals surface area contributed by atoms with Crippen LogP contribution in [-0.4, -0.2) is 0 Å². The molecule has 0 bridgehead atoms. The Balaban J connectivity index is 0.00000161. The summed E-state index contributed by atoms with van der Waals surface area (Å²) in [5.74, 6) is 0.120. The van der Waals surface area contributed by atoms with E-state index < -0.39 is 16.0 Å². The van der Waals surface area contributed by atoms with E-state index in [0.717, 1.165) is 43.9 Å². The van der Waals surface area contributed by atoms with Gasteiger partial charge in [-0.3, -0.25) is 0 Å². The smallest absolute Gasteiger partial charge is 0.600 e. The van der Waals surface area contributed by atoms with Crippen molar-refractivity contribution in [1.82, 2.24) is 0 Å². The maximum Gasteiger partial charge on any atom is 0.600 e. The van der Waals surface area contributed by atoms with Crippen molar-refractivity contribution < 1.29 is 37.1 Å². The van der Waals surface area contributed by atoms with Crippen molar-refractivity contribution in [2.75, 3.05) is 0 Å². The molecule has 116 valence electrons. The van der Waals surface area contributed by atoms with Gasteiger partial charge in [0.15, 0.2) is 9.58 Å². The number of benzene rings is 1. The van der Waals surface area contributed by atoms with Crippen LogP contribution in [0.5, 0.6) is 0 Å². The summed E-state index contributed by atoms with van der Waals surface area (Å²) in [6, 6.07) is 8.82. The summed E-state index contributed by atoms with van der Waals surface area (Å²) in [5.41, 5.74) is -4.15. The number of rotatable bonds is 1. The minimum Gasteiger partial charge on any atom is -1.00 e. The molecule has 1 aromatic carbocycles. The van der Waals surface area contributed by atoms with Gasteiger partial charge in [-0.05, 0) is 25.0 Å². The first-order chi connectivity index (χ1) is 9.57. The zero-order valence-electron chi connectivity index (χ0n) is 11.6. The molecule has 21 heavy (non-hydrogen) atoms. The summed E-state index contributed by atoms with van der Waals surface area (Å²) in [6.07, 6.45) is 6.28. The van der Waals surface area contributed by atoms with Gasteiger partial charge in [-0.2, -0.15) is 0 Å². The van der Waals surface area contributed by atoms with E-state index in [4.69, 9.17) is 0 Å². The van der Waals surface area contributed by atoms with Gasteiger partial charge >= 0.3 is 5.51 Å². The molecule has 1 aliphatic carbocycles. The molecule has 0 saturated heterocycles. The van der Waals surface area contributed by atoms with Crippen molar-refractivity contribution in [2.45, 2.75) is 50.0 Å². The minimum absolute atomic E-state index is 0. The van der Waals surface area contributed by atoms with Gasteiger partial charge in [-0.25, -0.2) is 0 Å². The van der Waals surface area contributed by atoms with Gasteiger partial charge in [0.25, 0.3) is 0 Å². The van der Waals surface area contributed by atoms with Crippen molar-refractivity contribution >= 4 is 20.6 Å². The van der Waals surface area contributed by atoms with E-state index in [9.17, 15) is 13.2 Å². The predicted octanol–water partition coefficient (Wildman–Crippen LogP) is 3.51. The third-order valence-electron chi connectivity index (χ3n) is 4.16. The summed E-state index contributed by atoms with van der Waals surface area (Å²) in [5, 5.41) is 0.771. The third kappa shape index (κ3) is 3.55. The number of alkyl halides is 3. The first-order valence-corrected chi connectivity index (χ1v) is 8.41. The van der Waals surface area contributed by atoms with Crippen molar-refractivity contribution in [3.05, 3.63) is 35.2 Å². The number of thiophene rings is 1. The second-order valence-electron chi connectivity index (χ2n) is 5.52. The van der Waals surface area contributed by atoms with E-state index in [0.29, 0.717) is 9.58 Å². The van der Waals surface area contributed by atoms with E-state index in [1.54, 1.807) is 12.1 Å². The highest BCUT2D eigenvalue weighted by atomic mass is 127. The fourth-order valence-electron chi connectivity index (χ4n) is 3.23. The molecule has 1 heterocycles. The molecule has 0 radical (unpaired) electrons. The zero-order chi connectivity index (χ0) is 14.2. The maximum absolute atomic E-state index is 13.5. The molecular weight excluding hydrogens is 408 g/mol. The molecule has 1 unspecified atom stereocenters. The van der Waals surface area contributed by atoms with E-state index in [1.165, 1.54) is 0 Å². The van der Waals surface area contributed by atoms with Crippen LogP contribution in [0.25, 0.3) is 10.1 Å². The molecule has 0 aliphatic heterocycles. The van der Waals surface area contributed by atoms with Crippen molar-refractivity contribution in [3.8, 4) is 0 Å². The largest absolute Gasteiger partial charge is 1.00 e. The molecule has 1 aromatic heterocycles. The summed E-state index contributed by atoms with van der Waals surface area (Å²) in [6.45, 7) is 0.